The van der Waals surface area contributed by atoms with E-state index in [0.717, 1.165) is 25.9 Å². The molecule has 0 amide bonds. The number of nitrogens with one attached hydrogen (secondary N) is 1. The van der Waals surface area contributed by atoms with Gasteiger partial charge in [-0.15, -0.1) is 12.4 Å². The third-order valence-corrected chi connectivity index (χ3v) is 2.64. The van der Waals surface area contributed by atoms with E-state index in [0.29, 0.717) is 11.5 Å². The molecule has 0 saturated carbocycles. The van der Waals surface area contributed by atoms with Crippen molar-refractivity contribution in [2.75, 3.05) is 20.2 Å². The normalized spacial score (nSPS) is 19.9. The fraction of sp³-hybridized carbons (Fsp3) is 0.600. The zero-order valence-corrected chi connectivity index (χ0v) is 9.88. The summed E-state index contributed by atoms with van der Waals surface area (Å²) in [7, 11) is 1.35. The van der Waals surface area contributed by atoms with Gasteiger partial charge in [0, 0.05) is 12.5 Å². The number of hydrogen-bond acceptors (Lipinski definition) is 5. The lowest BCUT2D eigenvalue weighted by Crippen LogP contribution is -2.29. The minimum Gasteiger partial charge on any atom is -0.464 e. The van der Waals surface area contributed by atoms with Crippen LogP contribution in [0.15, 0.2) is 10.8 Å². The molecule has 1 N–H and O–H groups in total. The molecule has 1 saturated heterocycles. The molecule has 0 aromatic carbocycles. The number of hydrogen-bond donors (Lipinski definition) is 1. The summed E-state index contributed by atoms with van der Waals surface area (Å²) >= 11 is 0. The number of methoxy groups -OCH3 is 1. The molecule has 6 heteroatoms. The smallest absolute Gasteiger partial charge is 0.360 e. The molecule has 1 aromatic heterocycles. The Balaban J connectivity index is 0.00000128. The second kappa shape index (κ2) is 5.86. The molecule has 0 aliphatic carbocycles. The van der Waals surface area contributed by atoms with Crippen LogP contribution in [-0.4, -0.2) is 31.2 Å². The largest absolute Gasteiger partial charge is 0.464 e. The molecular formula is C10H15ClN2O3. The van der Waals surface area contributed by atoms with Crippen LogP contribution in [0.3, 0.4) is 0 Å². The summed E-state index contributed by atoms with van der Waals surface area (Å²) in [6, 6.07) is 0. The average Bonchev–Trinajstić information content (AvgIpc) is 2.78. The van der Waals surface area contributed by atoms with Crippen LogP contribution in [-0.2, 0) is 4.74 Å². The van der Waals surface area contributed by atoms with Crippen LogP contribution in [0.4, 0.5) is 0 Å². The summed E-state index contributed by atoms with van der Waals surface area (Å²) < 4.78 is 9.92. The maximum Gasteiger partial charge on any atom is 0.360 e. The molecule has 16 heavy (non-hydrogen) atoms. The van der Waals surface area contributed by atoms with Crippen molar-refractivity contribution < 1.29 is 13.9 Å². The van der Waals surface area contributed by atoms with Crippen molar-refractivity contribution in [1.29, 1.82) is 0 Å². The quantitative estimate of drug-likeness (QED) is 0.798. The lowest BCUT2D eigenvalue weighted by Gasteiger charge is -2.20. The minimum absolute atomic E-state index is 0. The van der Waals surface area contributed by atoms with Gasteiger partial charge in [-0.1, -0.05) is 0 Å². The van der Waals surface area contributed by atoms with E-state index in [1.807, 2.05) is 0 Å². The van der Waals surface area contributed by atoms with E-state index in [1.165, 1.54) is 13.5 Å². The van der Waals surface area contributed by atoms with E-state index in [-0.39, 0.29) is 18.3 Å². The number of nitrogens with zero attached hydrogens (tertiary/aromatic N) is 1. The molecule has 1 aliphatic rings. The van der Waals surface area contributed by atoms with Gasteiger partial charge < -0.3 is 14.5 Å². The first-order valence-corrected chi connectivity index (χ1v) is 5.05. The van der Waals surface area contributed by atoms with E-state index in [2.05, 4.69) is 15.0 Å². The molecule has 1 unspecified atom stereocenters. The van der Waals surface area contributed by atoms with Crippen molar-refractivity contribution >= 4 is 18.4 Å². The zero-order chi connectivity index (χ0) is 10.7. The fourth-order valence-corrected chi connectivity index (χ4v) is 1.87. The Bertz CT molecular complexity index is 348. The van der Waals surface area contributed by atoms with Gasteiger partial charge in [0.15, 0.2) is 12.1 Å². The summed E-state index contributed by atoms with van der Waals surface area (Å²) in [4.78, 5) is 15.3. The third kappa shape index (κ3) is 2.54. The van der Waals surface area contributed by atoms with E-state index in [4.69, 9.17) is 4.42 Å². The standard InChI is InChI=1S/C10H14N2O3.ClH/c1-14-10(13)8-9(15-6-12-8)7-3-2-4-11-5-7;/h6-7,11H,2-5H2,1H3;1H. The highest BCUT2D eigenvalue weighted by molar-refractivity contribution is 5.88. The number of rotatable bonds is 2. The Kier molecular flexibility index (Phi) is 4.76. The van der Waals surface area contributed by atoms with Crippen molar-refractivity contribution in [3.05, 3.63) is 17.8 Å². The van der Waals surface area contributed by atoms with Gasteiger partial charge >= 0.3 is 5.97 Å². The molecule has 5 nitrogen and oxygen atoms in total. The highest BCUT2D eigenvalue weighted by atomic mass is 35.5. The molecule has 0 radical (unpaired) electrons. The van der Waals surface area contributed by atoms with Crippen molar-refractivity contribution in [2.45, 2.75) is 18.8 Å². The topological polar surface area (TPSA) is 64.4 Å². The van der Waals surface area contributed by atoms with E-state index >= 15 is 0 Å². The first kappa shape index (κ1) is 13.0. The van der Waals surface area contributed by atoms with Crippen LogP contribution in [0, 0.1) is 0 Å². The van der Waals surface area contributed by atoms with Gasteiger partial charge in [-0.3, -0.25) is 0 Å². The lowest BCUT2D eigenvalue weighted by molar-refractivity contribution is 0.0591. The molecule has 1 aromatic rings. The molecule has 1 aliphatic heterocycles. The van der Waals surface area contributed by atoms with Crippen molar-refractivity contribution in [3.63, 3.8) is 0 Å². The number of aromatic nitrogens is 1. The van der Waals surface area contributed by atoms with Crippen molar-refractivity contribution in [1.82, 2.24) is 10.3 Å². The second-order valence-corrected chi connectivity index (χ2v) is 3.60. The van der Waals surface area contributed by atoms with Crippen LogP contribution in [0.25, 0.3) is 0 Å². The van der Waals surface area contributed by atoms with Gasteiger partial charge in [-0.05, 0) is 19.4 Å². The molecule has 0 bridgehead atoms. The van der Waals surface area contributed by atoms with Gasteiger partial charge in [-0.2, -0.15) is 0 Å². The first-order valence-electron chi connectivity index (χ1n) is 5.05. The number of carbonyl (C=O) groups excluding carboxylic acids is 1. The number of halogens is 1. The number of carbonyl (C=O) groups is 1. The van der Waals surface area contributed by atoms with Gasteiger partial charge in [-0.25, -0.2) is 9.78 Å². The monoisotopic (exact) mass is 246 g/mol. The van der Waals surface area contributed by atoms with Gasteiger partial charge in [0.25, 0.3) is 0 Å². The number of oxazole rings is 1. The summed E-state index contributed by atoms with van der Waals surface area (Å²) in [5.41, 5.74) is 0.311. The van der Waals surface area contributed by atoms with Crippen LogP contribution in [0.5, 0.6) is 0 Å². The van der Waals surface area contributed by atoms with Crippen molar-refractivity contribution in [3.8, 4) is 0 Å². The Hall–Kier alpha value is -1.07. The maximum atomic E-state index is 11.4. The molecule has 2 heterocycles. The highest BCUT2D eigenvalue weighted by Crippen LogP contribution is 2.25. The third-order valence-electron chi connectivity index (χ3n) is 2.64. The lowest BCUT2D eigenvalue weighted by atomic mass is 9.96. The van der Waals surface area contributed by atoms with Crippen LogP contribution < -0.4 is 5.32 Å². The fourth-order valence-electron chi connectivity index (χ4n) is 1.87. The first-order chi connectivity index (χ1) is 7.33. The second-order valence-electron chi connectivity index (χ2n) is 3.60. The summed E-state index contributed by atoms with van der Waals surface area (Å²) in [5, 5.41) is 3.27. The predicted octanol–water partition coefficient (Wildman–Crippen LogP) is 1.35. The van der Waals surface area contributed by atoms with Crippen LogP contribution in [0.2, 0.25) is 0 Å². The number of ether oxygens (including phenoxy) is 1. The summed E-state index contributed by atoms with van der Waals surface area (Å²) in [6.45, 7) is 1.86. The molecule has 1 fully saturated rings. The highest BCUT2D eigenvalue weighted by Gasteiger charge is 2.26. The molecule has 1 atom stereocenters. The Morgan fingerprint density at radius 3 is 3.12 bits per heavy atom. The molecule has 2 rings (SSSR count). The van der Waals surface area contributed by atoms with Crippen LogP contribution >= 0.6 is 12.4 Å². The number of esters is 1. The van der Waals surface area contributed by atoms with E-state index < -0.39 is 5.97 Å². The van der Waals surface area contributed by atoms with Gasteiger partial charge in [0.05, 0.1) is 7.11 Å². The Morgan fingerprint density at radius 1 is 1.69 bits per heavy atom. The summed E-state index contributed by atoms with van der Waals surface area (Å²) in [5.74, 6) is 0.453. The van der Waals surface area contributed by atoms with Crippen LogP contribution in [0.1, 0.15) is 35.0 Å². The maximum absolute atomic E-state index is 11.4. The Morgan fingerprint density at radius 2 is 2.50 bits per heavy atom. The minimum atomic E-state index is -0.427. The van der Waals surface area contributed by atoms with E-state index in [1.54, 1.807) is 0 Å². The zero-order valence-electron chi connectivity index (χ0n) is 9.06. The number of piperidine rings is 1. The van der Waals surface area contributed by atoms with E-state index in [9.17, 15) is 4.79 Å². The van der Waals surface area contributed by atoms with Gasteiger partial charge in [0.1, 0.15) is 5.76 Å². The van der Waals surface area contributed by atoms with Crippen molar-refractivity contribution in [2.24, 2.45) is 0 Å². The average molecular weight is 247 g/mol. The molecule has 90 valence electrons. The predicted molar refractivity (Wildman–Crippen MR) is 59.9 cm³/mol. The Labute approximate surface area is 100.0 Å². The summed E-state index contributed by atoms with van der Waals surface area (Å²) in [6.07, 6.45) is 3.41. The SMILES string of the molecule is COC(=O)c1ncoc1C1CCCNC1.Cl. The molecule has 0 spiro atoms. The van der Waals surface area contributed by atoms with Gasteiger partial charge in [0.2, 0.25) is 0 Å². The molecular weight excluding hydrogens is 232 g/mol.